The average molecular weight is 478 g/mol. The number of benzene rings is 2. The van der Waals surface area contributed by atoms with Crippen LogP contribution in [0.15, 0.2) is 42.5 Å². The van der Waals surface area contributed by atoms with Crippen LogP contribution >= 0.6 is 11.8 Å². The first kappa shape index (κ1) is 28.5. The predicted octanol–water partition coefficient (Wildman–Crippen LogP) is 5.22. The van der Waals surface area contributed by atoms with Gasteiger partial charge in [-0.25, -0.2) is 4.79 Å². The molecule has 1 aliphatic rings. The number of rotatable bonds is 10. The van der Waals surface area contributed by atoms with E-state index >= 15 is 0 Å². The summed E-state index contributed by atoms with van der Waals surface area (Å²) in [5.74, 6) is -0.239. The van der Waals surface area contributed by atoms with E-state index in [1.807, 2.05) is 49.6 Å². The molecule has 1 aliphatic carbocycles. The van der Waals surface area contributed by atoms with Crippen molar-refractivity contribution in [2.24, 2.45) is 5.92 Å². The van der Waals surface area contributed by atoms with Gasteiger partial charge in [-0.1, -0.05) is 49.6 Å². The molecular formula is C27H36LiNO4S. The number of carbonyl (C=O) groups is 2. The first-order chi connectivity index (χ1) is 16.0. The Labute approximate surface area is 219 Å². The van der Waals surface area contributed by atoms with Crippen molar-refractivity contribution < 1.29 is 19.4 Å². The zero-order chi connectivity index (χ0) is 23.8. The summed E-state index contributed by atoms with van der Waals surface area (Å²) in [6, 6.07) is 12.9. The van der Waals surface area contributed by atoms with Crippen LogP contribution in [0.3, 0.4) is 0 Å². The molecule has 2 unspecified atom stereocenters. The Bertz CT molecular complexity index is 961. The number of carbonyl (C=O) groups excluding carboxylic acids is 1. The third kappa shape index (κ3) is 7.15. The van der Waals surface area contributed by atoms with Gasteiger partial charge in [0, 0.05) is 12.7 Å². The number of nitrogens with one attached hydrogen (secondary N) is 1. The van der Waals surface area contributed by atoms with Gasteiger partial charge in [0.25, 0.3) is 5.91 Å². The van der Waals surface area contributed by atoms with Crippen molar-refractivity contribution >= 4 is 42.5 Å². The Morgan fingerprint density at radius 2 is 1.82 bits per heavy atom. The predicted molar refractivity (Wildman–Crippen MR) is 142 cm³/mol. The van der Waals surface area contributed by atoms with Gasteiger partial charge >= 0.3 is 24.8 Å². The van der Waals surface area contributed by atoms with Crippen molar-refractivity contribution in [3.8, 4) is 11.1 Å². The van der Waals surface area contributed by atoms with Gasteiger partial charge in [-0.15, -0.1) is 0 Å². The number of carboxylic acids is 1. The Balaban J connectivity index is 0.00000408. The summed E-state index contributed by atoms with van der Waals surface area (Å²) < 4.78 is 5.96. The summed E-state index contributed by atoms with van der Waals surface area (Å²) in [5.41, 5.74) is 4.40. The van der Waals surface area contributed by atoms with E-state index in [9.17, 15) is 14.7 Å². The standard InChI is InChI=1S/C27H35NO4S.Li.H/c1-18-9-7-8-12-21(18)23-17-20(25(32-2)19-10-5-4-6-11-19)13-14-22(23)26(29)28-24(27(30)31)15-16-33-3;;/h7-9,12-14,17,19,24-25H,4-6,10-11,15-16H2,1-3H3,(H,28,29)(H,30,31);;. The van der Waals surface area contributed by atoms with Gasteiger partial charge in [-0.3, -0.25) is 4.79 Å². The fourth-order valence-corrected chi connectivity index (χ4v) is 5.27. The molecule has 2 aromatic carbocycles. The van der Waals surface area contributed by atoms with Crippen LogP contribution in [0.2, 0.25) is 0 Å². The van der Waals surface area contributed by atoms with Crippen LogP contribution in [0, 0.1) is 12.8 Å². The molecule has 0 aliphatic heterocycles. The van der Waals surface area contributed by atoms with Crippen LogP contribution in [0.1, 0.15) is 66.1 Å². The minimum absolute atomic E-state index is 0. The number of hydrogen-bond donors (Lipinski definition) is 2. The number of amides is 1. The van der Waals surface area contributed by atoms with E-state index < -0.39 is 12.0 Å². The van der Waals surface area contributed by atoms with E-state index in [1.54, 1.807) is 18.9 Å². The van der Waals surface area contributed by atoms with Crippen molar-refractivity contribution in [3.05, 3.63) is 59.2 Å². The molecule has 0 bridgehead atoms. The molecule has 2 aromatic rings. The quantitative estimate of drug-likeness (QED) is 0.459. The van der Waals surface area contributed by atoms with Crippen molar-refractivity contribution in [3.63, 3.8) is 0 Å². The van der Waals surface area contributed by atoms with Gasteiger partial charge in [0.05, 0.1) is 6.10 Å². The zero-order valence-electron chi connectivity index (χ0n) is 19.8. The molecule has 0 radical (unpaired) electrons. The van der Waals surface area contributed by atoms with Crippen LogP contribution in [-0.4, -0.2) is 61.0 Å². The number of methoxy groups -OCH3 is 1. The Morgan fingerprint density at radius 1 is 1.12 bits per heavy atom. The summed E-state index contributed by atoms with van der Waals surface area (Å²) in [6.45, 7) is 2.02. The second kappa shape index (κ2) is 14.0. The number of carboxylic acid groups (broad SMARTS) is 1. The van der Waals surface area contributed by atoms with Gasteiger partial charge in [0.15, 0.2) is 0 Å². The molecule has 0 saturated heterocycles. The minimum atomic E-state index is -1.01. The third-order valence-electron chi connectivity index (χ3n) is 6.60. The third-order valence-corrected chi connectivity index (χ3v) is 7.24. The van der Waals surface area contributed by atoms with Gasteiger partial charge in [-0.05, 0) is 78.5 Å². The van der Waals surface area contributed by atoms with Crippen molar-refractivity contribution in [1.29, 1.82) is 0 Å². The van der Waals surface area contributed by atoms with Crippen LogP contribution in [-0.2, 0) is 9.53 Å². The summed E-state index contributed by atoms with van der Waals surface area (Å²) in [4.78, 5) is 25.0. The Hall–Kier alpha value is -1.71. The van der Waals surface area contributed by atoms with Gasteiger partial charge < -0.3 is 15.2 Å². The Kier molecular flexibility index (Phi) is 11.7. The summed E-state index contributed by atoms with van der Waals surface area (Å²) in [5, 5.41) is 12.3. The number of aliphatic carboxylic acids is 1. The molecule has 2 atom stereocenters. The van der Waals surface area contributed by atoms with Gasteiger partial charge in [0.1, 0.15) is 6.04 Å². The molecule has 5 nitrogen and oxygen atoms in total. The number of aryl methyl sites for hydroxylation is 1. The molecule has 0 heterocycles. The van der Waals surface area contributed by atoms with Crippen LogP contribution < -0.4 is 5.32 Å². The molecule has 34 heavy (non-hydrogen) atoms. The topological polar surface area (TPSA) is 75.6 Å². The first-order valence-electron chi connectivity index (χ1n) is 11.7. The van der Waals surface area contributed by atoms with E-state index in [4.69, 9.17) is 4.74 Å². The normalized spacial score (nSPS) is 15.7. The summed E-state index contributed by atoms with van der Waals surface area (Å²) in [6.07, 6.45) is 8.32. The van der Waals surface area contributed by atoms with E-state index in [-0.39, 0.29) is 30.9 Å². The van der Waals surface area contributed by atoms with Gasteiger partial charge in [0.2, 0.25) is 0 Å². The number of ether oxygens (including phenoxy) is 1. The number of thioether (sulfide) groups is 1. The van der Waals surface area contributed by atoms with E-state index in [2.05, 4.69) is 11.4 Å². The molecule has 7 heteroatoms. The molecule has 1 amide bonds. The summed E-state index contributed by atoms with van der Waals surface area (Å²) in [7, 11) is 1.76. The molecular weight excluding hydrogens is 441 g/mol. The second-order valence-corrected chi connectivity index (χ2v) is 9.81. The monoisotopic (exact) mass is 477 g/mol. The summed E-state index contributed by atoms with van der Waals surface area (Å²) >= 11 is 1.56. The van der Waals surface area contributed by atoms with Crippen LogP contribution in [0.5, 0.6) is 0 Å². The molecule has 0 aromatic heterocycles. The van der Waals surface area contributed by atoms with Gasteiger partial charge in [-0.2, -0.15) is 11.8 Å². The molecule has 0 spiro atoms. The first-order valence-corrected chi connectivity index (χ1v) is 13.1. The second-order valence-electron chi connectivity index (χ2n) is 8.82. The van der Waals surface area contributed by atoms with E-state index in [0.717, 1.165) is 35.1 Å². The SMILES string of the molecule is COC(c1ccc(C(=O)NC(CCSC)C(=O)O)c(-c2ccccc2C)c1)C1CCCCC1.[LiH]. The fourth-order valence-electron chi connectivity index (χ4n) is 4.80. The number of hydrogen-bond acceptors (Lipinski definition) is 4. The molecule has 1 saturated carbocycles. The van der Waals surface area contributed by atoms with Crippen molar-refractivity contribution in [1.82, 2.24) is 5.32 Å². The zero-order valence-corrected chi connectivity index (χ0v) is 20.6. The van der Waals surface area contributed by atoms with Crippen LogP contribution in [0.25, 0.3) is 11.1 Å². The fraction of sp³-hybridized carbons (Fsp3) is 0.481. The Morgan fingerprint density at radius 3 is 2.44 bits per heavy atom. The van der Waals surface area contributed by atoms with E-state index in [1.165, 1.54) is 19.3 Å². The van der Waals surface area contributed by atoms with Crippen molar-refractivity contribution in [2.75, 3.05) is 19.1 Å². The molecule has 180 valence electrons. The maximum absolute atomic E-state index is 13.3. The molecule has 2 N–H and O–H groups in total. The van der Waals surface area contributed by atoms with E-state index in [0.29, 0.717) is 23.7 Å². The molecule has 1 fully saturated rings. The molecule has 3 rings (SSSR count). The van der Waals surface area contributed by atoms with Crippen molar-refractivity contribution in [2.45, 2.75) is 57.6 Å². The average Bonchev–Trinajstić information content (AvgIpc) is 2.83. The van der Waals surface area contributed by atoms with Crippen LogP contribution in [0.4, 0.5) is 0 Å². The maximum atomic E-state index is 13.3.